The number of hydrogen-bond acceptors (Lipinski definition) is 6. The minimum atomic E-state index is -0.582. The van der Waals surface area contributed by atoms with Gasteiger partial charge < -0.3 is 15.8 Å². The molecule has 0 aliphatic heterocycles. The molecule has 0 bridgehead atoms. The van der Waals surface area contributed by atoms with Crippen LogP contribution in [0.25, 0.3) is 5.82 Å². The first-order valence-corrected chi connectivity index (χ1v) is 6.10. The average Bonchev–Trinajstić information content (AvgIpc) is 2.89. The van der Waals surface area contributed by atoms with Crippen molar-refractivity contribution < 1.29 is 9.53 Å². The Labute approximate surface area is 116 Å². The molecule has 3 N–H and O–H groups in total. The van der Waals surface area contributed by atoms with E-state index in [2.05, 4.69) is 20.4 Å². The van der Waals surface area contributed by atoms with E-state index in [1.165, 1.54) is 10.7 Å². The van der Waals surface area contributed by atoms with Gasteiger partial charge in [0, 0.05) is 25.9 Å². The van der Waals surface area contributed by atoms with Crippen LogP contribution in [-0.2, 0) is 11.3 Å². The van der Waals surface area contributed by atoms with Crippen LogP contribution in [0, 0.1) is 0 Å². The van der Waals surface area contributed by atoms with Crippen molar-refractivity contribution in [1.82, 2.24) is 19.7 Å². The zero-order valence-corrected chi connectivity index (χ0v) is 11.3. The number of hydrogen-bond donors (Lipinski definition) is 2. The topological polar surface area (TPSA) is 108 Å². The summed E-state index contributed by atoms with van der Waals surface area (Å²) in [5.74, 6) is 1.15. The quantitative estimate of drug-likeness (QED) is 0.787. The number of methoxy groups -OCH3 is 1. The van der Waals surface area contributed by atoms with E-state index < -0.39 is 5.91 Å². The number of amides is 1. The van der Waals surface area contributed by atoms with Gasteiger partial charge in [0.1, 0.15) is 18.1 Å². The van der Waals surface area contributed by atoms with E-state index in [0.717, 1.165) is 6.54 Å². The van der Waals surface area contributed by atoms with Crippen molar-refractivity contribution in [3.8, 4) is 5.82 Å². The van der Waals surface area contributed by atoms with Crippen molar-refractivity contribution in [2.45, 2.75) is 13.5 Å². The number of anilines is 1. The van der Waals surface area contributed by atoms with Gasteiger partial charge in [0.15, 0.2) is 11.6 Å². The summed E-state index contributed by atoms with van der Waals surface area (Å²) in [6, 6.07) is 3.27. The van der Waals surface area contributed by atoms with Gasteiger partial charge in [-0.25, -0.2) is 14.6 Å². The van der Waals surface area contributed by atoms with E-state index in [1.54, 1.807) is 19.4 Å². The maximum atomic E-state index is 11.1. The fraction of sp³-hybridized carbons (Fsp3) is 0.333. The molecule has 0 fully saturated rings. The van der Waals surface area contributed by atoms with E-state index in [1.807, 2.05) is 6.92 Å². The van der Waals surface area contributed by atoms with Gasteiger partial charge in [-0.1, -0.05) is 0 Å². The minimum Gasteiger partial charge on any atom is -0.377 e. The SMILES string of the molecule is CCNc1cc(-n2ccc(C(N)=O)n2)nc(COC)n1. The van der Waals surface area contributed by atoms with E-state index in [4.69, 9.17) is 10.5 Å². The first-order chi connectivity index (χ1) is 9.63. The summed E-state index contributed by atoms with van der Waals surface area (Å²) in [5, 5.41) is 7.17. The van der Waals surface area contributed by atoms with E-state index >= 15 is 0 Å². The third-order valence-electron chi connectivity index (χ3n) is 2.47. The molecule has 0 saturated carbocycles. The lowest BCUT2D eigenvalue weighted by atomic mass is 10.4. The predicted octanol–water partition coefficient (Wildman–Crippen LogP) is 0.339. The molecule has 0 unspecified atom stereocenters. The van der Waals surface area contributed by atoms with Crippen molar-refractivity contribution in [3.63, 3.8) is 0 Å². The Hall–Kier alpha value is -2.48. The van der Waals surface area contributed by atoms with Crippen LogP contribution in [0.4, 0.5) is 5.82 Å². The second kappa shape index (κ2) is 6.11. The molecule has 0 atom stereocenters. The van der Waals surface area contributed by atoms with Crippen LogP contribution in [0.15, 0.2) is 18.3 Å². The number of nitrogens with two attached hydrogens (primary N) is 1. The molecule has 8 heteroatoms. The maximum Gasteiger partial charge on any atom is 0.269 e. The summed E-state index contributed by atoms with van der Waals surface area (Å²) in [6.45, 7) is 2.99. The number of aromatic nitrogens is 4. The lowest BCUT2D eigenvalue weighted by Gasteiger charge is -2.08. The molecule has 2 aromatic heterocycles. The summed E-state index contributed by atoms with van der Waals surface area (Å²) in [4.78, 5) is 19.7. The second-order valence-corrected chi connectivity index (χ2v) is 4.00. The van der Waals surface area contributed by atoms with Crippen LogP contribution in [0.1, 0.15) is 23.2 Å². The summed E-state index contributed by atoms with van der Waals surface area (Å²) < 4.78 is 6.51. The van der Waals surface area contributed by atoms with E-state index in [9.17, 15) is 4.79 Å². The minimum absolute atomic E-state index is 0.182. The Balaban J connectivity index is 2.39. The molecular weight excluding hydrogens is 260 g/mol. The summed E-state index contributed by atoms with van der Waals surface area (Å²) >= 11 is 0. The Morgan fingerprint density at radius 1 is 1.50 bits per heavy atom. The highest BCUT2D eigenvalue weighted by Crippen LogP contribution is 2.11. The number of carbonyl (C=O) groups excluding carboxylic acids is 1. The Morgan fingerprint density at radius 2 is 2.30 bits per heavy atom. The van der Waals surface area contributed by atoms with Crippen LogP contribution in [0.2, 0.25) is 0 Å². The lowest BCUT2D eigenvalue weighted by Crippen LogP contribution is -2.13. The lowest BCUT2D eigenvalue weighted by molar-refractivity contribution is 0.0995. The average molecular weight is 276 g/mol. The van der Waals surface area contributed by atoms with Gasteiger partial charge in [-0.05, 0) is 13.0 Å². The Morgan fingerprint density at radius 3 is 2.90 bits per heavy atom. The highest BCUT2D eigenvalue weighted by Gasteiger charge is 2.10. The van der Waals surface area contributed by atoms with Gasteiger partial charge in [0.2, 0.25) is 0 Å². The van der Waals surface area contributed by atoms with Crippen LogP contribution < -0.4 is 11.1 Å². The van der Waals surface area contributed by atoms with Gasteiger partial charge in [-0.3, -0.25) is 4.79 Å². The zero-order chi connectivity index (χ0) is 14.5. The summed E-state index contributed by atoms with van der Waals surface area (Å²) in [5.41, 5.74) is 5.36. The number of ether oxygens (including phenoxy) is 1. The van der Waals surface area contributed by atoms with Gasteiger partial charge >= 0.3 is 0 Å². The largest absolute Gasteiger partial charge is 0.377 e. The van der Waals surface area contributed by atoms with Gasteiger partial charge in [-0.2, -0.15) is 5.10 Å². The molecule has 0 radical (unpaired) electrons. The molecule has 1 amide bonds. The molecule has 2 aromatic rings. The monoisotopic (exact) mass is 276 g/mol. The molecule has 106 valence electrons. The molecule has 0 aliphatic rings. The van der Waals surface area contributed by atoms with Crippen molar-refractivity contribution in [1.29, 1.82) is 0 Å². The van der Waals surface area contributed by atoms with E-state index in [0.29, 0.717) is 17.5 Å². The molecule has 0 aromatic carbocycles. The number of nitrogens with zero attached hydrogens (tertiary/aromatic N) is 4. The molecule has 0 saturated heterocycles. The van der Waals surface area contributed by atoms with Crippen LogP contribution >= 0.6 is 0 Å². The number of carbonyl (C=O) groups is 1. The predicted molar refractivity (Wildman–Crippen MR) is 72.5 cm³/mol. The van der Waals surface area contributed by atoms with Gasteiger partial charge in [-0.15, -0.1) is 0 Å². The van der Waals surface area contributed by atoms with Crippen molar-refractivity contribution >= 4 is 11.7 Å². The number of rotatable bonds is 6. The van der Waals surface area contributed by atoms with Gasteiger partial charge in [0.05, 0.1) is 0 Å². The number of primary amides is 1. The summed E-state index contributed by atoms with van der Waals surface area (Å²) in [6.07, 6.45) is 1.62. The molecule has 0 spiro atoms. The van der Waals surface area contributed by atoms with Gasteiger partial charge in [0.25, 0.3) is 5.91 Å². The molecule has 8 nitrogen and oxygen atoms in total. The molecule has 2 rings (SSSR count). The van der Waals surface area contributed by atoms with Crippen LogP contribution in [0.3, 0.4) is 0 Å². The highest BCUT2D eigenvalue weighted by atomic mass is 16.5. The molecular formula is C12H16N6O2. The third kappa shape index (κ3) is 3.09. The normalized spacial score (nSPS) is 10.5. The second-order valence-electron chi connectivity index (χ2n) is 4.00. The fourth-order valence-corrected chi connectivity index (χ4v) is 1.65. The molecule has 0 aliphatic carbocycles. The highest BCUT2D eigenvalue weighted by molar-refractivity contribution is 5.90. The zero-order valence-electron chi connectivity index (χ0n) is 11.3. The van der Waals surface area contributed by atoms with E-state index in [-0.39, 0.29) is 12.3 Å². The van der Waals surface area contributed by atoms with Crippen LogP contribution in [-0.4, -0.2) is 39.3 Å². The van der Waals surface area contributed by atoms with Crippen molar-refractivity contribution in [3.05, 3.63) is 29.8 Å². The Bertz CT molecular complexity index is 585. The Kier molecular flexibility index (Phi) is 4.26. The smallest absolute Gasteiger partial charge is 0.269 e. The number of nitrogens with one attached hydrogen (secondary N) is 1. The fourth-order valence-electron chi connectivity index (χ4n) is 1.65. The van der Waals surface area contributed by atoms with Crippen LogP contribution in [0.5, 0.6) is 0 Å². The third-order valence-corrected chi connectivity index (χ3v) is 2.47. The van der Waals surface area contributed by atoms with Crippen molar-refractivity contribution in [2.75, 3.05) is 19.0 Å². The standard InChI is InChI=1S/C12H16N6O2/c1-3-14-9-6-11(16-10(15-9)7-20-2)18-5-4-8(17-18)12(13)19/h4-6H,3,7H2,1-2H3,(H2,13,19)(H,14,15,16). The maximum absolute atomic E-state index is 11.1. The molecule has 2 heterocycles. The first-order valence-electron chi connectivity index (χ1n) is 6.10. The summed E-state index contributed by atoms with van der Waals surface area (Å²) in [7, 11) is 1.57. The van der Waals surface area contributed by atoms with Crippen molar-refractivity contribution in [2.24, 2.45) is 5.73 Å². The first kappa shape index (κ1) is 13.9. The molecule has 20 heavy (non-hydrogen) atoms.